The van der Waals surface area contributed by atoms with Gasteiger partial charge in [0.15, 0.2) is 16.7 Å². The van der Waals surface area contributed by atoms with Crippen molar-refractivity contribution in [3.63, 3.8) is 0 Å². The molecule has 2 aliphatic rings. The molecule has 13 heteroatoms. The van der Waals surface area contributed by atoms with Crippen LogP contribution in [0, 0.1) is 0 Å². The first kappa shape index (κ1) is 21.0. The minimum atomic E-state index is -3.73. The van der Waals surface area contributed by atoms with E-state index in [0.717, 1.165) is 0 Å². The smallest absolute Gasteiger partial charge is 0.497 e. The van der Waals surface area contributed by atoms with Crippen LogP contribution in [0.15, 0.2) is 41.4 Å². The van der Waals surface area contributed by atoms with Crippen LogP contribution in [-0.2, 0) is 4.79 Å². The zero-order chi connectivity index (χ0) is 23.2. The van der Waals surface area contributed by atoms with Gasteiger partial charge in [-0.1, -0.05) is 11.8 Å². The summed E-state index contributed by atoms with van der Waals surface area (Å²) in [6, 6.07) is 8.42. The Morgan fingerprint density at radius 1 is 1.18 bits per heavy atom. The number of aromatic nitrogens is 2. The number of amidine groups is 1. The van der Waals surface area contributed by atoms with Crippen molar-refractivity contribution in [2.75, 3.05) is 18.2 Å². The molecule has 5 rings (SSSR count). The number of fused-ring (bicyclic) bond motifs is 2. The number of benzene rings is 2. The number of ether oxygens (including phenoxy) is 3. The van der Waals surface area contributed by atoms with Gasteiger partial charge in [0, 0.05) is 23.4 Å². The van der Waals surface area contributed by atoms with E-state index in [1.54, 1.807) is 24.3 Å². The van der Waals surface area contributed by atoms with E-state index in [2.05, 4.69) is 35.1 Å². The Kier molecular flexibility index (Phi) is 5.04. The maximum atomic E-state index is 13.2. The Bertz CT molecular complexity index is 1250. The number of aromatic amines is 1. The molecule has 3 N–H and O–H groups in total. The molecule has 1 unspecified atom stereocenters. The van der Waals surface area contributed by atoms with Gasteiger partial charge in [0.25, 0.3) is 11.8 Å². The maximum Gasteiger partial charge on any atom is 0.586 e. The van der Waals surface area contributed by atoms with Crippen LogP contribution in [0.3, 0.4) is 0 Å². The fraction of sp³-hybridized carbons (Fsp3) is 0.200. The number of imidazole rings is 1. The van der Waals surface area contributed by atoms with E-state index in [9.17, 15) is 18.4 Å². The van der Waals surface area contributed by atoms with Crippen LogP contribution < -0.4 is 24.8 Å². The molecule has 0 fully saturated rings. The molecule has 0 saturated heterocycles. The lowest BCUT2D eigenvalue weighted by Gasteiger charge is -2.05. The van der Waals surface area contributed by atoms with Gasteiger partial charge in [-0.25, -0.2) is 9.98 Å². The summed E-state index contributed by atoms with van der Waals surface area (Å²) in [4.78, 5) is 36.2. The first-order valence-electron chi connectivity index (χ1n) is 9.56. The number of H-pyrrole nitrogens is 1. The van der Waals surface area contributed by atoms with Crippen LogP contribution in [0.25, 0.3) is 11.0 Å². The number of methoxy groups -OCH3 is 1. The van der Waals surface area contributed by atoms with Crippen molar-refractivity contribution < 1.29 is 32.6 Å². The van der Waals surface area contributed by atoms with Crippen LogP contribution in [-0.4, -0.2) is 52.1 Å². The van der Waals surface area contributed by atoms with Crippen LogP contribution in [0.2, 0.25) is 0 Å². The third-order valence-electron chi connectivity index (χ3n) is 4.77. The highest BCUT2D eigenvalue weighted by Gasteiger charge is 2.43. The number of carbonyl (C=O) groups is 2. The van der Waals surface area contributed by atoms with E-state index >= 15 is 0 Å². The van der Waals surface area contributed by atoms with Crippen molar-refractivity contribution in [3.05, 3.63) is 42.0 Å². The molecule has 10 nitrogen and oxygen atoms in total. The van der Waals surface area contributed by atoms with Crippen molar-refractivity contribution in [2.45, 2.75) is 12.3 Å². The number of hydrogen-bond acceptors (Lipinski definition) is 8. The van der Waals surface area contributed by atoms with Gasteiger partial charge >= 0.3 is 6.29 Å². The highest BCUT2D eigenvalue weighted by atomic mass is 32.2. The van der Waals surface area contributed by atoms with Gasteiger partial charge in [0.1, 0.15) is 11.8 Å². The van der Waals surface area contributed by atoms with E-state index in [1.165, 1.54) is 31.0 Å². The van der Waals surface area contributed by atoms with Crippen molar-refractivity contribution in [3.8, 4) is 17.2 Å². The summed E-state index contributed by atoms with van der Waals surface area (Å²) < 4.78 is 40.2. The summed E-state index contributed by atoms with van der Waals surface area (Å²) >= 11 is 1.24. The molecule has 3 heterocycles. The Morgan fingerprint density at radius 3 is 2.64 bits per heavy atom. The van der Waals surface area contributed by atoms with Gasteiger partial charge in [0.05, 0.1) is 18.1 Å². The molecule has 1 aromatic heterocycles. The lowest BCUT2D eigenvalue weighted by Crippen LogP contribution is -2.29. The number of aliphatic imine (C=N–C) groups is 1. The molecule has 0 aliphatic carbocycles. The zero-order valence-corrected chi connectivity index (χ0v) is 17.7. The standard InChI is InChI=1S/C20H15F2N5O5S/c1-30-10-4-2-9(3-5-10)16(28)27-19-25-13(8-33-19)17(29)26-18-23-11-6-14-15(7-12(11)24-18)32-20(21,22)31-14/h2-7,13H,8H2,1H3,(H,25,27,28)(H2,23,24,26,29). The molecule has 0 bridgehead atoms. The van der Waals surface area contributed by atoms with Crippen LogP contribution in [0.4, 0.5) is 14.7 Å². The monoisotopic (exact) mass is 475 g/mol. The van der Waals surface area contributed by atoms with Crippen molar-refractivity contribution in [2.24, 2.45) is 4.99 Å². The van der Waals surface area contributed by atoms with Gasteiger partial charge in [-0.05, 0) is 24.3 Å². The fourth-order valence-electron chi connectivity index (χ4n) is 3.20. The molecule has 0 saturated carbocycles. The van der Waals surface area contributed by atoms with Crippen LogP contribution in [0.5, 0.6) is 17.2 Å². The summed E-state index contributed by atoms with van der Waals surface area (Å²) in [5.41, 5.74) is 1.11. The first-order valence-corrected chi connectivity index (χ1v) is 10.5. The van der Waals surface area contributed by atoms with Crippen molar-refractivity contribution in [1.29, 1.82) is 0 Å². The highest BCUT2D eigenvalue weighted by molar-refractivity contribution is 8.14. The molecule has 1 atom stereocenters. The minimum Gasteiger partial charge on any atom is -0.497 e. The Hall–Kier alpha value is -3.87. The molecule has 0 radical (unpaired) electrons. The second-order valence-electron chi connectivity index (χ2n) is 7.00. The molecule has 0 spiro atoms. The van der Waals surface area contributed by atoms with E-state index in [4.69, 9.17) is 4.74 Å². The lowest BCUT2D eigenvalue weighted by atomic mass is 10.2. The van der Waals surface area contributed by atoms with E-state index in [-0.39, 0.29) is 23.4 Å². The predicted octanol–water partition coefficient (Wildman–Crippen LogP) is 2.73. The number of alkyl halides is 2. The first-order chi connectivity index (χ1) is 15.8. The number of thioether (sulfide) groups is 1. The molecule has 2 aromatic carbocycles. The minimum absolute atomic E-state index is 0.112. The van der Waals surface area contributed by atoms with Crippen molar-refractivity contribution in [1.82, 2.24) is 15.3 Å². The number of hydrogen-bond donors (Lipinski definition) is 3. The highest BCUT2D eigenvalue weighted by Crippen LogP contribution is 2.42. The SMILES string of the molecule is COc1ccc(C(=O)NC2=NC(C(=O)Nc3nc4cc5c(cc4[nH]3)OC(F)(F)O5)CS2)cc1. The van der Waals surface area contributed by atoms with Crippen LogP contribution in [0.1, 0.15) is 10.4 Å². The zero-order valence-electron chi connectivity index (χ0n) is 16.8. The van der Waals surface area contributed by atoms with Gasteiger partial charge < -0.3 is 24.5 Å². The number of nitrogens with zero attached hydrogens (tertiary/aromatic N) is 2. The molecule has 170 valence electrons. The molecular formula is C20H15F2N5O5S. The lowest BCUT2D eigenvalue weighted by molar-refractivity contribution is -0.286. The van der Waals surface area contributed by atoms with Gasteiger partial charge in [-0.2, -0.15) is 0 Å². The summed E-state index contributed by atoms with van der Waals surface area (Å²) in [6.07, 6.45) is -3.73. The van der Waals surface area contributed by atoms with Gasteiger partial charge in [-0.15, -0.1) is 8.78 Å². The second-order valence-corrected chi connectivity index (χ2v) is 8.01. The maximum absolute atomic E-state index is 13.2. The Balaban J connectivity index is 1.23. The summed E-state index contributed by atoms with van der Waals surface area (Å²) in [5.74, 6) is -0.0125. The molecule has 2 amide bonds. The number of carbonyl (C=O) groups excluding carboxylic acids is 2. The quantitative estimate of drug-likeness (QED) is 0.530. The third kappa shape index (κ3) is 4.26. The van der Waals surface area contributed by atoms with E-state index in [1.807, 2.05) is 0 Å². The van der Waals surface area contributed by atoms with Gasteiger partial charge in [-0.3, -0.25) is 14.9 Å². The summed E-state index contributed by atoms with van der Waals surface area (Å²) in [6.45, 7) is 0. The molecular weight excluding hydrogens is 460 g/mol. The van der Waals surface area contributed by atoms with Crippen molar-refractivity contribution >= 4 is 45.7 Å². The Morgan fingerprint density at radius 2 is 1.91 bits per heavy atom. The Labute approximate surface area is 188 Å². The van der Waals surface area contributed by atoms with Gasteiger partial charge in [0.2, 0.25) is 5.95 Å². The van der Waals surface area contributed by atoms with Crippen LogP contribution >= 0.6 is 11.8 Å². The average molecular weight is 475 g/mol. The third-order valence-corrected chi connectivity index (χ3v) is 5.74. The second kappa shape index (κ2) is 7.92. The topological polar surface area (TPSA) is 127 Å². The fourth-order valence-corrected chi connectivity index (χ4v) is 4.11. The number of nitrogens with one attached hydrogen (secondary N) is 3. The summed E-state index contributed by atoms with van der Waals surface area (Å²) in [7, 11) is 1.53. The largest absolute Gasteiger partial charge is 0.586 e. The van der Waals surface area contributed by atoms with E-state index in [0.29, 0.717) is 33.3 Å². The molecule has 3 aromatic rings. The number of amides is 2. The number of halogens is 2. The average Bonchev–Trinajstić information content (AvgIpc) is 3.47. The molecule has 2 aliphatic heterocycles. The molecule has 33 heavy (non-hydrogen) atoms. The van der Waals surface area contributed by atoms with E-state index < -0.39 is 18.2 Å². The summed E-state index contributed by atoms with van der Waals surface area (Å²) in [5, 5.41) is 5.60. The normalized spacial score (nSPS) is 18.2. The number of anilines is 1. The number of rotatable bonds is 4. The predicted molar refractivity (Wildman–Crippen MR) is 115 cm³/mol.